The van der Waals surface area contributed by atoms with Crippen LogP contribution < -0.4 is 5.32 Å². The summed E-state index contributed by atoms with van der Waals surface area (Å²) in [5, 5.41) is 3.49. The standard InChI is InChI=1S/C16H30N4O2/c1-4-22-15(21)13-7-5-10-20(12-13)16(17-2)18-11-14-8-6-9-19(14)3/h13-14H,4-12H2,1-3H3,(H,17,18). The van der Waals surface area contributed by atoms with E-state index in [1.165, 1.54) is 19.4 Å². The first-order valence-electron chi connectivity index (χ1n) is 8.48. The van der Waals surface area contributed by atoms with E-state index in [0.29, 0.717) is 19.2 Å². The summed E-state index contributed by atoms with van der Waals surface area (Å²) < 4.78 is 5.17. The fourth-order valence-electron chi connectivity index (χ4n) is 3.40. The average molecular weight is 310 g/mol. The van der Waals surface area contributed by atoms with Crippen molar-refractivity contribution in [1.29, 1.82) is 0 Å². The molecule has 6 heteroatoms. The Morgan fingerprint density at radius 3 is 2.73 bits per heavy atom. The predicted molar refractivity (Wildman–Crippen MR) is 87.9 cm³/mol. The van der Waals surface area contributed by atoms with Gasteiger partial charge in [0.25, 0.3) is 0 Å². The van der Waals surface area contributed by atoms with Crippen molar-refractivity contribution >= 4 is 11.9 Å². The van der Waals surface area contributed by atoms with Crippen LogP contribution in [-0.2, 0) is 9.53 Å². The van der Waals surface area contributed by atoms with Gasteiger partial charge in [0.05, 0.1) is 12.5 Å². The van der Waals surface area contributed by atoms with E-state index in [1.807, 2.05) is 14.0 Å². The number of hydrogen-bond acceptors (Lipinski definition) is 4. The number of carbonyl (C=O) groups excluding carboxylic acids is 1. The lowest BCUT2D eigenvalue weighted by Gasteiger charge is -2.34. The predicted octanol–water partition coefficient (Wildman–Crippen LogP) is 0.931. The maximum Gasteiger partial charge on any atom is 0.310 e. The molecule has 2 fully saturated rings. The van der Waals surface area contributed by atoms with Crippen LogP contribution in [0.1, 0.15) is 32.6 Å². The maximum atomic E-state index is 11.9. The highest BCUT2D eigenvalue weighted by molar-refractivity contribution is 5.81. The first kappa shape index (κ1) is 17.1. The van der Waals surface area contributed by atoms with Crippen molar-refractivity contribution in [3.8, 4) is 0 Å². The highest BCUT2D eigenvalue weighted by atomic mass is 16.5. The third kappa shape index (κ3) is 4.35. The van der Waals surface area contributed by atoms with Gasteiger partial charge in [-0.1, -0.05) is 0 Å². The molecule has 6 nitrogen and oxygen atoms in total. The molecule has 0 amide bonds. The zero-order valence-corrected chi connectivity index (χ0v) is 14.2. The number of carbonyl (C=O) groups is 1. The first-order valence-corrected chi connectivity index (χ1v) is 8.48. The third-order valence-electron chi connectivity index (χ3n) is 4.72. The van der Waals surface area contributed by atoms with Crippen molar-refractivity contribution in [1.82, 2.24) is 15.1 Å². The molecule has 0 aromatic carbocycles. The van der Waals surface area contributed by atoms with Gasteiger partial charge in [-0.15, -0.1) is 0 Å². The van der Waals surface area contributed by atoms with Gasteiger partial charge in [-0.3, -0.25) is 9.79 Å². The number of ether oxygens (including phenoxy) is 1. The van der Waals surface area contributed by atoms with E-state index in [-0.39, 0.29) is 11.9 Å². The van der Waals surface area contributed by atoms with Gasteiger partial charge in [0.15, 0.2) is 5.96 Å². The molecule has 1 N–H and O–H groups in total. The Kier molecular flexibility index (Phi) is 6.49. The molecule has 2 rings (SSSR count). The van der Waals surface area contributed by atoms with Crippen molar-refractivity contribution in [2.24, 2.45) is 10.9 Å². The lowest BCUT2D eigenvalue weighted by atomic mass is 9.98. The van der Waals surface area contributed by atoms with Gasteiger partial charge < -0.3 is 19.9 Å². The van der Waals surface area contributed by atoms with Crippen LogP contribution in [0.2, 0.25) is 0 Å². The molecule has 0 saturated carbocycles. The zero-order valence-electron chi connectivity index (χ0n) is 14.2. The Morgan fingerprint density at radius 1 is 1.32 bits per heavy atom. The lowest BCUT2D eigenvalue weighted by Crippen LogP contribution is -2.50. The van der Waals surface area contributed by atoms with Gasteiger partial charge in [0.2, 0.25) is 0 Å². The Hall–Kier alpha value is -1.30. The number of piperidine rings is 1. The van der Waals surface area contributed by atoms with Crippen molar-refractivity contribution in [3.63, 3.8) is 0 Å². The number of likely N-dealkylation sites (tertiary alicyclic amines) is 2. The Bertz CT molecular complexity index is 400. The van der Waals surface area contributed by atoms with E-state index < -0.39 is 0 Å². The molecular weight excluding hydrogens is 280 g/mol. The molecule has 0 aromatic heterocycles. The summed E-state index contributed by atoms with van der Waals surface area (Å²) in [6, 6.07) is 0.586. The van der Waals surface area contributed by atoms with Gasteiger partial charge in [-0.05, 0) is 46.2 Å². The monoisotopic (exact) mass is 310 g/mol. The summed E-state index contributed by atoms with van der Waals surface area (Å²) in [5.41, 5.74) is 0. The SMILES string of the molecule is CCOC(=O)C1CCCN(C(=NC)NCC2CCCN2C)C1. The highest BCUT2D eigenvalue weighted by Gasteiger charge is 2.29. The van der Waals surface area contributed by atoms with Crippen molar-refractivity contribution in [3.05, 3.63) is 0 Å². The van der Waals surface area contributed by atoms with Crippen LogP contribution in [0.3, 0.4) is 0 Å². The van der Waals surface area contributed by atoms with Crippen LogP contribution in [0.4, 0.5) is 0 Å². The minimum absolute atomic E-state index is 0.0265. The largest absolute Gasteiger partial charge is 0.466 e. The number of nitrogens with one attached hydrogen (secondary N) is 1. The zero-order chi connectivity index (χ0) is 15.9. The second-order valence-corrected chi connectivity index (χ2v) is 6.24. The van der Waals surface area contributed by atoms with E-state index in [9.17, 15) is 4.79 Å². The van der Waals surface area contributed by atoms with Gasteiger partial charge in [-0.2, -0.15) is 0 Å². The first-order chi connectivity index (χ1) is 10.7. The normalized spacial score (nSPS) is 27.0. The van der Waals surface area contributed by atoms with Gasteiger partial charge in [0, 0.05) is 32.7 Å². The van der Waals surface area contributed by atoms with Crippen LogP contribution in [-0.4, -0.2) is 74.7 Å². The summed E-state index contributed by atoms with van der Waals surface area (Å²) in [5.74, 6) is 0.814. The molecule has 2 aliphatic heterocycles. The van der Waals surface area contributed by atoms with E-state index >= 15 is 0 Å². The van der Waals surface area contributed by atoms with Crippen molar-refractivity contribution < 1.29 is 9.53 Å². The quantitative estimate of drug-likeness (QED) is 0.476. The molecule has 0 radical (unpaired) electrons. The second-order valence-electron chi connectivity index (χ2n) is 6.24. The summed E-state index contributed by atoms with van der Waals surface area (Å²) >= 11 is 0. The smallest absolute Gasteiger partial charge is 0.310 e. The van der Waals surface area contributed by atoms with E-state index in [2.05, 4.69) is 27.2 Å². The van der Waals surface area contributed by atoms with Crippen molar-refractivity contribution in [2.75, 3.05) is 46.9 Å². The molecule has 0 spiro atoms. The minimum Gasteiger partial charge on any atom is -0.466 e. The molecular formula is C16H30N4O2. The van der Waals surface area contributed by atoms with Crippen LogP contribution in [0.25, 0.3) is 0 Å². The topological polar surface area (TPSA) is 57.2 Å². The number of aliphatic imine (C=N–C) groups is 1. The minimum atomic E-state index is -0.0711. The fourth-order valence-corrected chi connectivity index (χ4v) is 3.40. The van der Waals surface area contributed by atoms with Crippen LogP contribution >= 0.6 is 0 Å². The van der Waals surface area contributed by atoms with Gasteiger partial charge >= 0.3 is 5.97 Å². The molecule has 0 aliphatic carbocycles. The summed E-state index contributed by atoms with van der Waals surface area (Å²) in [6.45, 7) is 6.08. The molecule has 2 heterocycles. The Morgan fingerprint density at radius 2 is 2.09 bits per heavy atom. The Balaban J connectivity index is 1.85. The highest BCUT2D eigenvalue weighted by Crippen LogP contribution is 2.18. The van der Waals surface area contributed by atoms with E-state index in [1.54, 1.807) is 0 Å². The van der Waals surface area contributed by atoms with Gasteiger partial charge in [-0.25, -0.2) is 0 Å². The second kappa shape index (κ2) is 8.36. The van der Waals surface area contributed by atoms with Crippen LogP contribution in [0, 0.1) is 5.92 Å². The molecule has 2 aliphatic rings. The van der Waals surface area contributed by atoms with E-state index in [0.717, 1.165) is 31.9 Å². The maximum absolute atomic E-state index is 11.9. The average Bonchev–Trinajstić information content (AvgIpc) is 2.94. The summed E-state index contributed by atoms with van der Waals surface area (Å²) in [4.78, 5) is 20.9. The number of nitrogens with zero attached hydrogens (tertiary/aromatic N) is 3. The molecule has 126 valence electrons. The number of esters is 1. The fraction of sp³-hybridized carbons (Fsp3) is 0.875. The molecule has 0 bridgehead atoms. The summed E-state index contributed by atoms with van der Waals surface area (Å²) in [6.07, 6.45) is 4.44. The van der Waals surface area contributed by atoms with E-state index in [4.69, 9.17) is 4.74 Å². The third-order valence-corrected chi connectivity index (χ3v) is 4.72. The number of rotatable bonds is 4. The number of hydrogen-bond donors (Lipinski definition) is 1. The van der Waals surface area contributed by atoms with Crippen molar-refractivity contribution in [2.45, 2.75) is 38.6 Å². The molecule has 2 saturated heterocycles. The Labute approximate surface area is 133 Å². The lowest BCUT2D eigenvalue weighted by molar-refractivity contribution is -0.149. The van der Waals surface area contributed by atoms with Gasteiger partial charge in [0.1, 0.15) is 0 Å². The molecule has 0 aromatic rings. The van der Waals surface area contributed by atoms with Crippen LogP contribution in [0.5, 0.6) is 0 Å². The molecule has 2 atom stereocenters. The molecule has 2 unspecified atom stereocenters. The number of likely N-dealkylation sites (N-methyl/N-ethyl adjacent to an activating group) is 1. The molecule has 22 heavy (non-hydrogen) atoms. The summed E-state index contributed by atoms with van der Waals surface area (Å²) in [7, 11) is 3.99. The number of guanidine groups is 1. The van der Waals surface area contributed by atoms with Crippen LogP contribution in [0.15, 0.2) is 4.99 Å².